The minimum atomic E-state index is -1.36. The van der Waals surface area contributed by atoms with Crippen molar-refractivity contribution < 1.29 is 22.6 Å². The number of rotatable bonds is 2. The summed E-state index contributed by atoms with van der Waals surface area (Å²) in [5.41, 5.74) is 0.635. The van der Waals surface area contributed by atoms with Gasteiger partial charge >= 0.3 is 0 Å². The third kappa shape index (κ3) is 3.85. The monoisotopic (exact) mass is 408 g/mol. The van der Waals surface area contributed by atoms with Gasteiger partial charge in [0.2, 0.25) is 0 Å². The van der Waals surface area contributed by atoms with Crippen LogP contribution in [0.15, 0.2) is 12.1 Å². The maximum absolute atomic E-state index is 13.7. The van der Waals surface area contributed by atoms with Gasteiger partial charge in [0.05, 0.1) is 13.2 Å². The van der Waals surface area contributed by atoms with Gasteiger partial charge in [-0.1, -0.05) is 0 Å². The number of hydrogen-bond donors (Lipinski definition) is 0. The molecule has 5 rings (SSSR count). The molecule has 1 aliphatic heterocycles. The van der Waals surface area contributed by atoms with Gasteiger partial charge in [-0.3, -0.25) is 0 Å². The summed E-state index contributed by atoms with van der Waals surface area (Å²) in [5, 5.41) is 0. The fourth-order valence-electron chi connectivity index (χ4n) is 6.80. The topological polar surface area (TPSA) is 18.5 Å². The third-order valence-electron chi connectivity index (χ3n) is 8.40. The van der Waals surface area contributed by atoms with E-state index >= 15 is 0 Å². The molecule has 1 saturated heterocycles. The largest absolute Gasteiger partial charge is 0.348 e. The number of ether oxygens (including phenoxy) is 2. The van der Waals surface area contributed by atoms with Gasteiger partial charge in [-0.25, -0.2) is 13.2 Å². The first-order valence-electron chi connectivity index (χ1n) is 11.5. The minimum Gasteiger partial charge on any atom is -0.348 e. The first-order chi connectivity index (χ1) is 14.0. The highest BCUT2D eigenvalue weighted by Gasteiger charge is 2.44. The first kappa shape index (κ1) is 19.9. The molecule has 29 heavy (non-hydrogen) atoms. The number of fused-ring (bicyclic) bond motifs is 1. The summed E-state index contributed by atoms with van der Waals surface area (Å²) in [6.45, 7) is 1.47. The Morgan fingerprint density at radius 2 is 1.24 bits per heavy atom. The minimum absolute atomic E-state index is 0.156. The molecule has 4 fully saturated rings. The molecule has 1 heterocycles. The van der Waals surface area contributed by atoms with Crippen LogP contribution in [0.5, 0.6) is 0 Å². The Balaban J connectivity index is 1.18. The zero-order chi connectivity index (χ0) is 20.0. The normalized spacial score (nSPS) is 35.0. The van der Waals surface area contributed by atoms with E-state index in [4.69, 9.17) is 9.47 Å². The Morgan fingerprint density at radius 3 is 1.90 bits per heavy atom. The Hall–Kier alpha value is -1.07. The molecule has 0 radical (unpaired) electrons. The Bertz CT molecular complexity index is 713. The summed E-state index contributed by atoms with van der Waals surface area (Å²) >= 11 is 0. The number of hydrogen-bond acceptors (Lipinski definition) is 2. The van der Waals surface area contributed by atoms with E-state index in [2.05, 4.69) is 0 Å². The van der Waals surface area contributed by atoms with Crippen LogP contribution in [0.25, 0.3) is 0 Å². The van der Waals surface area contributed by atoms with Gasteiger partial charge in [-0.15, -0.1) is 0 Å². The van der Waals surface area contributed by atoms with E-state index in [0.29, 0.717) is 11.5 Å². The van der Waals surface area contributed by atoms with Crippen LogP contribution in [0.3, 0.4) is 0 Å². The summed E-state index contributed by atoms with van der Waals surface area (Å²) in [6, 6.07) is 2.42. The molecule has 0 bridgehead atoms. The summed E-state index contributed by atoms with van der Waals surface area (Å²) in [6.07, 6.45) is 11.3. The number of halogens is 3. The molecular formula is C24H31F3O2. The highest BCUT2D eigenvalue weighted by atomic mass is 19.2. The molecule has 4 aliphatic rings. The zero-order valence-corrected chi connectivity index (χ0v) is 17.0. The van der Waals surface area contributed by atoms with Crippen LogP contribution in [-0.4, -0.2) is 19.0 Å². The fraction of sp³-hybridized carbons (Fsp3) is 0.750. The number of benzene rings is 1. The molecule has 1 spiro atoms. The molecule has 1 aromatic rings. The van der Waals surface area contributed by atoms with Crippen LogP contribution in [0.4, 0.5) is 13.2 Å². The van der Waals surface area contributed by atoms with Gasteiger partial charge in [-0.2, -0.15) is 0 Å². The van der Waals surface area contributed by atoms with Crippen LogP contribution in [-0.2, 0) is 9.47 Å². The van der Waals surface area contributed by atoms with E-state index in [1.54, 1.807) is 0 Å². The SMILES string of the molecule is Fc1cc(C2CCC3CC(C4CCC5(CC4)OCCO5)CCC3C2)cc(F)c1F. The summed E-state index contributed by atoms with van der Waals surface area (Å²) in [4.78, 5) is 0. The quantitative estimate of drug-likeness (QED) is 0.532. The predicted octanol–water partition coefficient (Wildman–Crippen LogP) is 6.34. The van der Waals surface area contributed by atoms with Crippen molar-refractivity contribution in [1.29, 1.82) is 0 Å². The van der Waals surface area contributed by atoms with E-state index in [9.17, 15) is 13.2 Å². The summed E-state index contributed by atoms with van der Waals surface area (Å²) in [5.74, 6) is -0.639. The van der Waals surface area contributed by atoms with Crippen molar-refractivity contribution in [3.63, 3.8) is 0 Å². The van der Waals surface area contributed by atoms with Crippen LogP contribution in [0.2, 0.25) is 0 Å². The van der Waals surface area contributed by atoms with Gasteiger partial charge in [0.25, 0.3) is 0 Å². The molecule has 3 aliphatic carbocycles. The van der Waals surface area contributed by atoms with Crippen LogP contribution < -0.4 is 0 Å². The smallest absolute Gasteiger partial charge is 0.194 e. The Morgan fingerprint density at radius 1 is 0.690 bits per heavy atom. The standard InChI is InChI=1S/C24H31F3O2/c25-21-13-20(14-22(26)23(21)27)19-4-3-17-11-16(1-2-18(17)12-19)15-5-7-24(8-6-15)28-9-10-29-24/h13-19H,1-12H2. The molecule has 0 N–H and O–H groups in total. The van der Waals surface area contributed by atoms with Crippen molar-refractivity contribution >= 4 is 0 Å². The van der Waals surface area contributed by atoms with E-state index in [1.807, 2.05) is 0 Å². The highest BCUT2D eigenvalue weighted by Crippen LogP contribution is 2.51. The van der Waals surface area contributed by atoms with Crippen LogP contribution >= 0.6 is 0 Å². The molecule has 0 amide bonds. The molecule has 5 heteroatoms. The maximum Gasteiger partial charge on any atom is 0.194 e. The first-order valence-corrected chi connectivity index (χ1v) is 11.5. The van der Waals surface area contributed by atoms with Gasteiger partial charge in [0, 0.05) is 12.8 Å². The molecule has 4 unspecified atom stereocenters. The molecule has 2 nitrogen and oxygen atoms in total. The summed E-state index contributed by atoms with van der Waals surface area (Å²) < 4.78 is 52.4. The van der Waals surface area contributed by atoms with E-state index in [0.717, 1.165) is 63.1 Å². The van der Waals surface area contributed by atoms with Crippen molar-refractivity contribution in [2.75, 3.05) is 13.2 Å². The zero-order valence-electron chi connectivity index (χ0n) is 17.0. The van der Waals surface area contributed by atoms with E-state index < -0.39 is 17.5 Å². The third-order valence-corrected chi connectivity index (χ3v) is 8.40. The van der Waals surface area contributed by atoms with Crippen molar-refractivity contribution in [2.24, 2.45) is 23.7 Å². The average Bonchev–Trinajstić information content (AvgIpc) is 3.19. The lowest BCUT2D eigenvalue weighted by Crippen LogP contribution is -2.39. The van der Waals surface area contributed by atoms with E-state index in [-0.39, 0.29) is 11.7 Å². The second-order valence-electron chi connectivity index (χ2n) is 9.85. The van der Waals surface area contributed by atoms with Gasteiger partial charge in [-0.05, 0) is 98.7 Å². The van der Waals surface area contributed by atoms with Crippen molar-refractivity contribution in [3.05, 3.63) is 35.1 Å². The Labute approximate surface area is 171 Å². The fourth-order valence-corrected chi connectivity index (χ4v) is 6.80. The van der Waals surface area contributed by atoms with Gasteiger partial charge in [0.15, 0.2) is 23.2 Å². The summed E-state index contributed by atoms with van der Waals surface area (Å²) in [7, 11) is 0. The molecule has 3 saturated carbocycles. The molecule has 4 atom stereocenters. The van der Waals surface area contributed by atoms with Crippen LogP contribution in [0, 0.1) is 41.1 Å². The molecule has 0 aromatic heterocycles. The lowest BCUT2D eigenvalue weighted by atomic mass is 9.60. The average molecular weight is 409 g/mol. The second kappa shape index (κ2) is 7.88. The van der Waals surface area contributed by atoms with E-state index in [1.165, 1.54) is 44.2 Å². The molecular weight excluding hydrogens is 377 g/mol. The Kier molecular flexibility index (Phi) is 5.40. The van der Waals surface area contributed by atoms with Gasteiger partial charge in [0.1, 0.15) is 0 Å². The second-order valence-corrected chi connectivity index (χ2v) is 9.85. The lowest BCUT2D eigenvalue weighted by Gasteiger charge is -2.46. The lowest BCUT2D eigenvalue weighted by molar-refractivity contribution is -0.185. The van der Waals surface area contributed by atoms with Crippen molar-refractivity contribution in [3.8, 4) is 0 Å². The highest BCUT2D eigenvalue weighted by molar-refractivity contribution is 5.24. The van der Waals surface area contributed by atoms with Gasteiger partial charge < -0.3 is 9.47 Å². The maximum atomic E-state index is 13.7. The van der Waals surface area contributed by atoms with Crippen molar-refractivity contribution in [1.82, 2.24) is 0 Å². The van der Waals surface area contributed by atoms with Crippen LogP contribution in [0.1, 0.15) is 75.7 Å². The van der Waals surface area contributed by atoms with Crippen molar-refractivity contribution in [2.45, 2.75) is 75.9 Å². The molecule has 1 aromatic carbocycles. The molecule has 160 valence electrons. The predicted molar refractivity (Wildman–Crippen MR) is 104 cm³/mol.